The van der Waals surface area contributed by atoms with E-state index in [4.69, 9.17) is 0 Å². The molecule has 4 nitrogen and oxygen atoms in total. The third-order valence-electron chi connectivity index (χ3n) is 3.57. The van der Waals surface area contributed by atoms with E-state index in [0.717, 1.165) is 30.8 Å². The summed E-state index contributed by atoms with van der Waals surface area (Å²) in [5.74, 6) is 0.986. The van der Waals surface area contributed by atoms with E-state index in [1.165, 1.54) is 11.2 Å². The van der Waals surface area contributed by atoms with Crippen LogP contribution in [0.25, 0.3) is 0 Å². The Morgan fingerprint density at radius 3 is 2.90 bits per heavy atom. The zero-order chi connectivity index (χ0) is 15.3. The molecule has 1 aromatic heterocycles. The van der Waals surface area contributed by atoms with Gasteiger partial charge in [0.05, 0.1) is 6.54 Å². The first kappa shape index (κ1) is 16.0. The number of hydrogen-bond acceptors (Lipinski definition) is 4. The van der Waals surface area contributed by atoms with Crippen LogP contribution < -0.4 is 5.32 Å². The van der Waals surface area contributed by atoms with E-state index in [-0.39, 0.29) is 5.92 Å². The zero-order valence-corrected chi connectivity index (χ0v) is 12.2. The average molecular weight is 302 g/mol. The minimum atomic E-state index is -4.11. The lowest BCUT2D eigenvalue weighted by molar-refractivity contribution is -0.143. The monoisotopic (exact) mass is 302 g/mol. The molecule has 1 fully saturated rings. The third kappa shape index (κ3) is 5.49. The highest BCUT2D eigenvalue weighted by atomic mass is 19.4. The van der Waals surface area contributed by atoms with Crippen molar-refractivity contribution in [3.63, 3.8) is 0 Å². The van der Waals surface area contributed by atoms with Crippen LogP contribution in [0.15, 0.2) is 12.4 Å². The predicted molar refractivity (Wildman–Crippen MR) is 75.1 cm³/mol. The Kier molecular flexibility index (Phi) is 5.39. The third-order valence-corrected chi connectivity index (χ3v) is 3.57. The van der Waals surface area contributed by atoms with E-state index in [9.17, 15) is 13.2 Å². The van der Waals surface area contributed by atoms with Crippen LogP contribution in [-0.4, -0.2) is 47.2 Å². The molecule has 2 heterocycles. The summed E-state index contributed by atoms with van der Waals surface area (Å²) in [6.45, 7) is 2.92. The fourth-order valence-electron chi connectivity index (χ4n) is 2.61. The largest absolute Gasteiger partial charge is 0.401 e. The number of aryl methyl sites for hydroxylation is 1. The summed E-state index contributed by atoms with van der Waals surface area (Å²) in [5.41, 5.74) is 0.986. The van der Waals surface area contributed by atoms with Crippen molar-refractivity contribution in [1.29, 1.82) is 0 Å². The number of halogens is 3. The Morgan fingerprint density at radius 1 is 1.38 bits per heavy atom. The summed E-state index contributed by atoms with van der Waals surface area (Å²) in [6, 6.07) is 1.91. The van der Waals surface area contributed by atoms with Gasteiger partial charge in [0.1, 0.15) is 12.1 Å². The summed E-state index contributed by atoms with van der Waals surface area (Å²) in [7, 11) is 0. The van der Waals surface area contributed by atoms with E-state index >= 15 is 0 Å². The lowest BCUT2D eigenvalue weighted by atomic mass is 10.1. The molecule has 1 aromatic rings. The number of hydrogen-bond donors (Lipinski definition) is 1. The van der Waals surface area contributed by atoms with Crippen molar-refractivity contribution in [3.05, 3.63) is 18.1 Å². The van der Waals surface area contributed by atoms with Gasteiger partial charge in [-0.3, -0.25) is 4.90 Å². The van der Waals surface area contributed by atoms with Crippen molar-refractivity contribution >= 4 is 5.82 Å². The van der Waals surface area contributed by atoms with Crippen LogP contribution in [0.3, 0.4) is 0 Å². The molecule has 0 bridgehead atoms. The molecule has 0 aromatic carbocycles. The number of nitrogens with zero attached hydrogens (tertiary/aromatic N) is 3. The highest BCUT2D eigenvalue weighted by Gasteiger charge is 2.34. The van der Waals surface area contributed by atoms with Gasteiger partial charge in [-0.05, 0) is 25.3 Å². The molecule has 0 aliphatic carbocycles. The van der Waals surface area contributed by atoms with Crippen molar-refractivity contribution in [2.75, 3.05) is 31.5 Å². The van der Waals surface area contributed by atoms with Crippen LogP contribution in [0.4, 0.5) is 19.0 Å². The van der Waals surface area contributed by atoms with E-state index in [0.29, 0.717) is 19.6 Å². The fraction of sp³-hybridized carbons (Fsp3) is 0.714. The van der Waals surface area contributed by atoms with Crippen molar-refractivity contribution < 1.29 is 13.2 Å². The van der Waals surface area contributed by atoms with Gasteiger partial charge in [0.15, 0.2) is 0 Å². The molecule has 118 valence electrons. The second-order valence-corrected chi connectivity index (χ2v) is 5.53. The van der Waals surface area contributed by atoms with Crippen molar-refractivity contribution in [3.8, 4) is 0 Å². The maximum Gasteiger partial charge on any atom is 0.401 e. The van der Waals surface area contributed by atoms with Crippen molar-refractivity contribution in [1.82, 2.24) is 14.9 Å². The molecule has 1 unspecified atom stereocenters. The highest BCUT2D eigenvalue weighted by Crippen LogP contribution is 2.23. The predicted octanol–water partition coefficient (Wildman–Crippen LogP) is 2.73. The standard InChI is InChI=1S/C14H21F3N4/c1-2-3-12-6-13(20-10-19-12)18-7-11-4-5-21(8-11)9-14(15,16)17/h6,10-11H,2-5,7-9H2,1H3,(H,18,19,20). The Bertz CT molecular complexity index is 450. The van der Waals surface area contributed by atoms with Gasteiger partial charge in [-0.1, -0.05) is 13.3 Å². The number of likely N-dealkylation sites (tertiary alicyclic amines) is 1. The highest BCUT2D eigenvalue weighted by molar-refractivity contribution is 5.34. The minimum Gasteiger partial charge on any atom is -0.370 e. The topological polar surface area (TPSA) is 41.0 Å². The van der Waals surface area contributed by atoms with Gasteiger partial charge in [0, 0.05) is 24.8 Å². The first-order chi connectivity index (χ1) is 9.96. The molecule has 7 heteroatoms. The van der Waals surface area contributed by atoms with E-state index in [1.807, 2.05) is 6.07 Å². The van der Waals surface area contributed by atoms with Gasteiger partial charge < -0.3 is 5.32 Å². The van der Waals surface area contributed by atoms with E-state index < -0.39 is 12.7 Å². The molecular formula is C14H21F3N4. The van der Waals surface area contributed by atoms with Gasteiger partial charge in [0.2, 0.25) is 0 Å². The number of aromatic nitrogens is 2. The number of alkyl halides is 3. The molecule has 0 radical (unpaired) electrons. The molecule has 1 aliphatic rings. The molecule has 0 saturated carbocycles. The molecule has 2 rings (SSSR count). The van der Waals surface area contributed by atoms with Crippen LogP contribution in [0, 0.1) is 5.92 Å². The van der Waals surface area contributed by atoms with Gasteiger partial charge in [-0.15, -0.1) is 0 Å². The fourth-order valence-corrected chi connectivity index (χ4v) is 2.61. The first-order valence-electron chi connectivity index (χ1n) is 7.30. The van der Waals surface area contributed by atoms with Crippen LogP contribution in [-0.2, 0) is 6.42 Å². The normalized spacial score (nSPS) is 19.9. The molecule has 1 aliphatic heterocycles. The van der Waals surface area contributed by atoms with Gasteiger partial charge in [0.25, 0.3) is 0 Å². The van der Waals surface area contributed by atoms with Crippen LogP contribution in [0.1, 0.15) is 25.5 Å². The van der Waals surface area contributed by atoms with Gasteiger partial charge in [-0.2, -0.15) is 13.2 Å². The summed E-state index contributed by atoms with van der Waals surface area (Å²) in [5, 5.41) is 3.21. The van der Waals surface area contributed by atoms with Crippen molar-refractivity contribution in [2.45, 2.75) is 32.4 Å². The summed E-state index contributed by atoms with van der Waals surface area (Å²) in [6.07, 6.45) is 0.128. The van der Waals surface area contributed by atoms with Crippen LogP contribution in [0.2, 0.25) is 0 Å². The van der Waals surface area contributed by atoms with Gasteiger partial charge >= 0.3 is 6.18 Å². The van der Waals surface area contributed by atoms with E-state index in [1.54, 1.807) is 0 Å². The maximum atomic E-state index is 12.3. The van der Waals surface area contributed by atoms with Gasteiger partial charge in [-0.25, -0.2) is 9.97 Å². The maximum absolute atomic E-state index is 12.3. The molecule has 1 atom stereocenters. The summed E-state index contributed by atoms with van der Waals surface area (Å²) >= 11 is 0. The Labute approximate surface area is 122 Å². The number of rotatable bonds is 6. The molecule has 1 saturated heterocycles. The lowest BCUT2D eigenvalue weighted by Gasteiger charge is -2.18. The quantitative estimate of drug-likeness (QED) is 0.877. The molecule has 21 heavy (non-hydrogen) atoms. The number of nitrogens with one attached hydrogen (secondary N) is 1. The Hall–Kier alpha value is -1.37. The lowest BCUT2D eigenvalue weighted by Crippen LogP contribution is -2.33. The molecule has 0 amide bonds. The minimum absolute atomic E-state index is 0.233. The zero-order valence-electron chi connectivity index (χ0n) is 12.2. The first-order valence-corrected chi connectivity index (χ1v) is 7.30. The van der Waals surface area contributed by atoms with Crippen molar-refractivity contribution in [2.24, 2.45) is 5.92 Å². The molecule has 0 spiro atoms. The Balaban J connectivity index is 1.78. The van der Waals surface area contributed by atoms with Crippen LogP contribution >= 0.6 is 0 Å². The molecular weight excluding hydrogens is 281 g/mol. The average Bonchev–Trinajstić information content (AvgIpc) is 2.83. The Morgan fingerprint density at radius 2 is 2.19 bits per heavy atom. The summed E-state index contributed by atoms with van der Waals surface area (Å²) in [4.78, 5) is 9.79. The second-order valence-electron chi connectivity index (χ2n) is 5.53. The number of anilines is 1. The second kappa shape index (κ2) is 7.06. The SMILES string of the molecule is CCCc1cc(NCC2CCN(CC(F)(F)F)C2)ncn1. The van der Waals surface area contributed by atoms with E-state index in [2.05, 4.69) is 22.2 Å². The smallest absolute Gasteiger partial charge is 0.370 e. The van der Waals surface area contributed by atoms with Crippen LogP contribution in [0.5, 0.6) is 0 Å². The molecule has 1 N–H and O–H groups in total. The summed E-state index contributed by atoms with van der Waals surface area (Å²) < 4.78 is 37.0.